The van der Waals surface area contributed by atoms with Crippen LogP contribution in [0.1, 0.15) is 21.5 Å². The monoisotopic (exact) mass is 457 g/mol. The fourth-order valence-corrected chi connectivity index (χ4v) is 3.67. The highest BCUT2D eigenvalue weighted by Crippen LogP contribution is 2.26. The number of carbonyl (C=O) groups excluding carboxylic acids is 1. The van der Waals surface area contributed by atoms with E-state index in [-0.39, 0.29) is 5.97 Å². The zero-order valence-electron chi connectivity index (χ0n) is 19.2. The molecule has 0 aliphatic heterocycles. The van der Waals surface area contributed by atoms with E-state index in [1.165, 1.54) is 0 Å². The molecular formula is C30H23N3O2. The number of nitrogens with zero attached hydrogens (tertiary/aromatic N) is 3. The highest BCUT2D eigenvalue weighted by Gasteiger charge is 2.11. The Bertz CT molecular complexity index is 1470. The Morgan fingerprint density at radius 3 is 2.26 bits per heavy atom. The first-order valence-electron chi connectivity index (χ1n) is 11.3. The molecule has 4 aromatic carbocycles. The molecule has 5 heteroatoms. The van der Waals surface area contributed by atoms with Crippen molar-refractivity contribution < 1.29 is 9.53 Å². The van der Waals surface area contributed by atoms with Crippen molar-refractivity contribution in [2.24, 2.45) is 4.99 Å². The van der Waals surface area contributed by atoms with Gasteiger partial charge < -0.3 is 4.74 Å². The average Bonchev–Trinajstić information content (AvgIpc) is 3.34. The van der Waals surface area contributed by atoms with Gasteiger partial charge >= 0.3 is 5.97 Å². The first-order chi connectivity index (χ1) is 17.2. The summed E-state index contributed by atoms with van der Waals surface area (Å²) in [6, 6.07) is 36.5. The third-order valence-corrected chi connectivity index (χ3v) is 5.45. The maximum atomic E-state index is 12.4. The Morgan fingerprint density at radius 1 is 0.829 bits per heavy atom. The number of aryl methyl sites for hydroxylation is 1. The molecule has 0 spiro atoms. The summed E-state index contributed by atoms with van der Waals surface area (Å²) in [4.78, 5) is 17.1. The van der Waals surface area contributed by atoms with Gasteiger partial charge in [-0.3, -0.25) is 0 Å². The molecule has 1 aromatic heterocycles. The van der Waals surface area contributed by atoms with E-state index in [1.807, 2.05) is 109 Å². The molecule has 5 rings (SSSR count). The van der Waals surface area contributed by atoms with Crippen molar-refractivity contribution in [2.75, 3.05) is 0 Å². The lowest BCUT2D eigenvalue weighted by Gasteiger charge is -2.05. The van der Waals surface area contributed by atoms with Crippen LogP contribution in [-0.2, 0) is 0 Å². The highest BCUT2D eigenvalue weighted by atomic mass is 16.5. The predicted molar refractivity (Wildman–Crippen MR) is 139 cm³/mol. The summed E-state index contributed by atoms with van der Waals surface area (Å²) < 4.78 is 7.34. The molecule has 0 saturated heterocycles. The minimum absolute atomic E-state index is 0.379. The fraction of sp³-hybridized carbons (Fsp3) is 0.0333. The standard InChI is InChI=1S/C30H23N3O2/c1-22-9-8-12-25(19-22)30(34)35-27-17-15-23(16-18-27)21-31-29-20-28(24-10-4-2-5-11-24)32-33(29)26-13-6-3-7-14-26/h2-21H,1H3. The molecule has 5 aromatic rings. The van der Waals surface area contributed by atoms with Gasteiger partial charge in [-0.2, -0.15) is 5.10 Å². The van der Waals surface area contributed by atoms with Gasteiger partial charge in [0.1, 0.15) is 5.75 Å². The molecular weight excluding hydrogens is 434 g/mol. The van der Waals surface area contributed by atoms with Crippen molar-refractivity contribution in [1.82, 2.24) is 9.78 Å². The third kappa shape index (κ3) is 5.25. The van der Waals surface area contributed by atoms with Crippen LogP contribution >= 0.6 is 0 Å². The fourth-order valence-electron chi connectivity index (χ4n) is 3.67. The summed E-state index contributed by atoms with van der Waals surface area (Å²) in [5.74, 6) is 0.815. The first-order valence-corrected chi connectivity index (χ1v) is 11.3. The molecule has 35 heavy (non-hydrogen) atoms. The summed E-state index contributed by atoms with van der Waals surface area (Å²) in [6.45, 7) is 1.94. The number of carbonyl (C=O) groups is 1. The topological polar surface area (TPSA) is 56.5 Å². The van der Waals surface area contributed by atoms with E-state index in [2.05, 4.69) is 0 Å². The lowest BCUT2D eigenvalue weighted by molar-refractivity contribution is 0.0734. The number of para-hydroxylation sites is 1. The zero-order chi connectivity index (χ0) is 24.0. The summed E-state index contributed by atoms with van der Waals surface area (Å²) in [5, 5.41) is 4.79. The third-order valence-electron chi connectivity index (χ3n) is 5.45. The van der Waals surface area contributed by atoms with Crippen molar-refractivity contribution in [3.63, 3.8) is 0 Å². The molecule has 0 atom stereocenters. The molecule has 0 unspecified atom stereocenters. The van der Waals surface area contributed by atoms with Gasteiger partial charge in [0, 0.05) is 17.8 Å². The lowest BCUT2D eigenvalue weighted by atomic mass is 10.1. The molecule has 0 N–H and O–H groups in total. The van der Waals surface area contributed by atoms with Crippen LogP contribution in [0.25, 0.3) is 16.9 Å². The Morgan fingerprint density at radius 2 is 1.54 bits per heavy atom. The van der Waals surface area contributed by atoms with E-state index in [4.69, 9.17) is 14.8 Å². The molecule has 1 heterocycles. The Kier molecular flexibility index (Phi) is 6.31. The van der Waals surface area contributed by atoms with E-state index in [0.29, 0.717) is 17.1 Å². The number of hydrogen-bond donors (Lipinski definition) is 0. The van der Waals surface area contributed by atoms with Gasteiger partial charge in [-0.15, -0.1) is 0 Å². The van der Waals surface area contributed by atoms with Crippen LogP contribution in [-0.4, -0.2) is 22.0 Å². The van der Waals surface area contributed by atoms with Crippen molar-refractivity contribution in [2.45, 2.75) is 6.92 Å². The molecule has 0 radical (unpaired) electrons. The first kappa shape index (κ1) is 22.0. The van der Waals surface area contributed by atoms with Gasteiger partial charge in [0.2, 0.25) is 0 Å². The average molecular weight is 458 g/mol. The predicted octanol–water partition coefficient (Wildman–Crippen LogP) is 6.82. The van der Waals surface area contributed by atoms with Gasteiger partial charge in [0.15, 0.2) is 5.82 Å². The molecule has 0 bridgehead atoms. The quantitative estimate of drug-likeness (QED) is 0.160. The van der Waals surface area contributed by atoms with Crippen LogP contribution in [0, 0.1) is 6.92 Å². The van der Waals surface area contributed by atoms with Crippen LogP contribution in [0.3, 0.4) is 0 Å². The maximum absolute atomic E-state index is 12.4. The second-order valence-corrected chi connectivity index (χ2v) is 8.09. The SMILES string of the molecule is Cc1cccc(C(=O)Oc2ccc(C=Nc3cc(-c4ccccc4)nn3-c3ccccc3)cc2)c1. The Labute approximate surface area is 204 Å². The van der Waals surface area contributed by atoms with Crippen molar-refractivity contribution >= 4 is 18.0 Å². The van der Waals surface area contributed by atoms with Crippen LogP contribution in [0.4, 0.5) is 5.82 Å². The number of esters is 1. The number of rotatable bonds is 6. The zero-order valence-corrected chi connectivity index (χ0v) is 19.2. The number of aliphatic imine (C=N–C) groups is 1. The second kappa shape index (κ2) is 10.0. The molecule has 5 nitrogen and oxygen atoms in total. The van der Waals surface area contributed by atoms with Crippen molar-refractivity contribution in [3.05, 3.63) is 132 Å². The van der Waals surface area contributed by atoms with E-state index in [0.717, 1.165) is 28.1 Å². The van der Waals surface area contributed by atoms with Gasteiger partial charge in [-0.1, -0.05) is 66.2 Å². The van der Waals surface area contributed by atoms with E-state index in [1.54, 1.807) is 24.4 Å². The molecule has 0 aliphatic rings. The minimum atomic E-state index is -0.379. The smallest absolute Gasteiger partial charge is 0.343 e. The summed E-state index contributed by atoms with van der Waals surface area (Å²) >= 11 is 0. The summed E-state index contributed by atoms with van der Waals surface area (Å²) in [5.41, 5.74) is 5.22. The largest absolute Gasteiger partial charge is 0.423 e. The normalized spacial score (nSPS) is 11.0. The van der Waals surface area contributed by atoms with E-state index < -0.39 is 0 Å². The van der Waals surface area contributed by atoms with Gasteiger partial charge in [0.05, 0.1) is 16.9 Å². The van der Waals surface area contributed by atoms with Crippen molar-refractivity contribution in [3.8, 4) is 22.7 Å². The van der Waals surface area contributed by atoms with Gasteiger partial charge in [0.25, 0.3) is 0 Å². The molecule has 0 saturated carbocycles. The van der Waals surface area contributed by atoms with Crippen LogP contribution < -0.4 is 4.74 Å². The van der Waals surface area contributed by atoms with E-state index >= 15 is 0 Å². The van der Waals surface area contributed by atoms with E-state index in [9.17, 15) is 4.79 Å². The highest BCUT2D eigenvalue weighted by molar-refractivity contribution is 5.91. The molecule has 0 aliphatic carbocycles. The van der Waals surface area contributed by atoms with Gasteiger partial charge in [-0.05, 0) is 61.0 Å². The van der Waals surface area contributed by atoms with Gasteiger partial charge in [-0.25, -0.2) is 14.5 Å². The Hall–Kier alpha value is -4.77. The molecule has 0 fully saturated rings. The minimum Gasteiger partial charge on any atom is -0.423 e. The number of hydrogen-bond acceptors (Lipinski definition) is 4. The van der Waals surface area contributed by atoms with Crippen molar-refractivity contribution in [1.29, 1.82) is 0 Å². The Balaban J connectivity index is 1.37. The lowest BCUT2D eigenvalue weighted by Crippen LogP contribution is -2.08. The maximum Gasteiger partial charge on any atom is 0.343 e. The second-order valence-electron chi connectivity index (χ2n) is 8.09. The van der Waals surface area contributed by atoms with Crippen LogP contribution in [0.15, 0.2) is 120 Å². The molecule has 0 amide bonds. The number of benzene rings is 4. The van der Waals surface area contributed by atoms with Crippen LogP contribution in [0.2, 0.25) is 0 Å². The molecule has 170 valence electrons. The van der Waals surface area contributed by atoms with Crippen LogP contribution in [0.5, 0.6) is 5.75 Å². The summed E-state index contributed by atoms with van der Waals surface area (Å²) in [7, 11) is 0. The number of aromatic nitrogens is 2. The summed E-state index contributed by atoms with van der Waals surface area (Å²) in [6.07, 6.45) is 1.78. The number of ether oxygens (including phenoxy) is 1.